The van der Waals surface area contributed by atoms with Gasteiger partial charge >= 0.3 is 0 Å². The number of hydrogen-bond acceptors (Lipinski definition) is 4. The molecule has 6 heteroatoms. The molecular weight excluding hydrogens is 163 g/mol. The third-order valence-corrected chi connectivity index (χ3v) is 2.61. The molecule has 54 valence electrons. The lowest BCUT2D eigenvalue weighted by Crippen LogP contribution is -2.08. The first-order chi connectivity index (χ1) is 4.12. The van der Waals surface area contributed by atoms with E-state index < -0.39 is 10.1 Å². The molecule has 0 atom stereocenters. The monoisotopic (exact) mass is 170 g/mol. The van der Waals surface area contributed by atoms with E-state index in [0.29, 0.717) is 0 Å². The summed E-state index contributed by atoms with van der Waals surface area (Å²) in [7, 11) is -2.48. The van der Waals surface area contributed by atoms with Crippen molar-refractivity contribution < 1.29 is 17.2 Å². The standard InChI is InChI=1S/C3H7O4PS/c1-7-9(5,6)3-2-8-4/h2-3H2,1H3. The molecule has 0 N–H and O–H groups in total. The Balaban J connectivity index is 3.74. The van der Waals surface area contributed by atoms with Crippen LogP contribution in [-0.2, 0) is 18.9 Å². The molecule has 0 spiro atoms. The first-order valence-corrected chi connectivity index (χ1v) is 4.77. The predicted molar refractivity (Wildman–Crippen MR) is 33.3 cm³/mol. The minimum Gasteiger partial charge on any atom is -0.275 e. The second kappa shape index (κ2) is 3.93. The summed E-state index contributed by atoms with van der Waals surface area (Å²) in [4.78, 5) is 0. The molecule has 9 heavy (non-hydrogen) atoms. The van der Waals surface area contributed by atoms with Crippen LogP contribution in [-0.4, -0.2) is 27.4 Å². The summed E-state index contributed by atoms with van der Waals surface area (Å²) in [6.45, 7) is 0. The third kappa shape index (κ3) is 4.51. The van der Waals surface area contributed by atoms with E-state index in [1.54, 1.807) is 0 Å². The smallest absolute Gasteiger partial charge is 0.267 e. The number of hydrogen-bond donors (Lipinski definition) is 0. The van der Waals surface area contributed by atoms with Crippen LogP contribution in [0.3, 0.4) is 0 Å². The van der Waals surface area contributed by atoms with Gasteiger partial charge in [0.15, 0.2) is 8.46 Å². The van der Waals surface area contributed by atoms with Gasteiger partial charge in [-0.1, -0.05) is 0 Å². The summed E-state index contributed by atoms with van der Waals surface area (Å²) >= 11 is 0. The van der Waals surface area contributed by atoms with Gasteiger partial charge in [-0.25, -0.2) is 0 Å². The highest BCUT2D eigenvalue weighted by Crippen LogP contribution is 1.96. The molecule has 0 heterocycles. The molecular formula is C3H7O4PS. The maximum atomic E-state index is 10.4. The SMILES string of the molecule is COS(=O)(=O)CCP=O. The highest BCUT2D eigenvalue weighted by Gasteiger charge is 2.06. The van der Waals surface area contributed by atoms with Crippen LogP contribution in [0.2, 0.25) is 0 Å². The Kier molecular flexibility index (Phi) is 3.93. The Labute approximate surface area is 55.5 Å². The van der Waals surface area contributed by atoms with E-state index in [1.807, 2.05) is 0 Å². The zero-order valence-electron chi connectivity index (χ0n) is 4.90. The van der Waals surface area contributed by atoms with Crippen molar-refractivity contribution in [3.05, 3.63) is 0 Å². The lowest BCUT2D eigenvalue weighted by atomic mass is 11.0. The fraction of sp³-hybridized carbons (Fsp3) is 1.00. The first-order valence-electron chi connectivity index (χ1n) is 2.20. The van der Waals surface area contributed by atoms with Gasteiger partial charge in [0.05, 0.1) is 12.9 Å². The van der Waals surface area contributed by atoms with Crippen LogP contribution >= 0.6 is 8.46 Å². The highest BCUT2D eigenvalue weighted by atomic mass is 32.2. The Hall–Kier alpha value is 0.01000. The average Bonchev–Trinajstić information content (AvgIpc) is 1.84. The second-order valence-electron chi connectivity index (χ2n) is 1.28. The van der Waals surface area contributed by atoms with Gasteiger partial charge in [-0.15, -0.1) is 0 Å². The molecule has 0 radical (unpaired) electrons. The zero-order valence-corrected chi connectivity index (χ0v) is 6.61. The summed E-state index contributed by atoms with van der Waals surface area (Å²) in [6.07, 6.45) is 0.0934. The van der Waals surface area contributed by atoms with Gasteiger partial charge in [0.1, 0.15) is 0 Å². The fourth-order valence-corrected chi connectivity index (χ4v) is 1.59. The minimum atomic E-state index is -3.39. The minimum absolute atomic E-state index is 0.0934. The van der Waals surface area contributed by atoms with E-state index in [9.17, 15) is 13.0 Å². The van der Waals surface area contributed by atoms with Gasteiger partial charge in [0.25, 0.3) is 10.1 Å². The van der Waals surface area contributed by atoms with E-state index in [1.165, 1.54) is 0 Å². The van der Waals surface area contributed by atoms with Crippen molar-refractivity contribution in [2.75, 3.05) is 19.0 Å². The molecule has 0 aromatic carbocycles. The van der Waals surface area contributed by atoms with Crippen LogP contribution in [0.25, 0.3) is 0 Å². The van der Waals surface area contributed by atoms with Crippen LogP contribution in [0.4, 0.5) is 0 Å². The summed E-state index contributed by atoms with van der Waals surface area (Å²) in [5.74, 6) is -0.186. The molecule has 0 fully saturated rings. The van der Waals surface area contributed by atoms with Crippen molar-refractivity contribution in [2.24, 2.45) is 0 Å². The third-order valence-electron chi connectivity index (χ3n) is 0.687. The molecule has 0 rings (SSSR count). The maximum Gasteiger partial charge on any atom is 0.267 e. The van der Waals surface area contributed by atoms with Gasteiger partial charge in [0.2, 0.25) is 0 Å². The molecule has 0 bridgehead atoms. The van der Waals surface area contributed by atoms with Crippen molar-refractivity contribution in [2.45, 2.75) is 0 Å². The topological polar surface area (TPSA) is 60.4 Å². The lowest BCUT2D eigenvalue weighted by Gasteiger charge is -1.93. The van der Waals surface area contributed by atoms with Gasteiger partial charge in [-0.05, 0) is 0 Å². The summed E-state index contributed by atoms with van der Waals surface area (Å²) in [5.41, 5.74) is 0. The van der Waals surface area contributed by atoms with Crippen molar-refractivity contribution in [1.82, 2.24) is 0 Å². The average molecular weight is 170 g/mol. The summed E-state index contributed by atoms with van der Waals surface area (Å²) in [6, 6.07) is 0. The van der Waals surface area contributed by atoms with Crippen LogP contribution in [0, 0.1) is 0 Å². The Morgan fingerprint density at radius 3 is 2.44 bits per heavy atom. The molecule has 0 saturated carbocycles. The molecule has 4 nitrogen and oxygen atoms in total. The largest absolute Gasteiger partial charge is 0.275 e. The van der Waals surface area contributed by atoms with Crippen molar-refractivity contribution in [3.8, 4) is 0 Å². The summed E-state index contributed by atoms with van der Waals surface area (Å²) in [5, 5.41) is 0. The maximum absolute atomic E-state index is 10.4. The van der Waals surface area contributed by atoms with E-state index in [0.717, 1.165) is 7.11 Å². The van der Waals surface area contributed by atoms with E-state index >= 15 is 0 Å². The zero-order chi connectivity index (χ0) is 7.33. The molecule has 0 aliphatic heterocycles. The quantitative estimate of drug-likeness (QED) is 0.448. The van der Waals surface area contributed by atoms with E-state index in [4.69, 9.17) is 0 Å². The predicted octanol–water partition coefficient (Wildman–Crippen LogP) is 0.254. The highest BCUT2D eigenvalue weighted by molar-refractivity contribution is 7.86. The van der Waals surface area contributed by atoms with Crippen molar-refractivity contribution >= 4 is 18.6 Å². The Morgan fingerprint density at radius 2 is 2.11 bits per heavy atom. The molecule has 0 unspecified atom stereocenters. The Bertz CT molecular complexity index is 172. The fourth-order valence-electron chi connectivity index (χ4n) is 0.232. The Morgan fingerprint density at radius 1 is 1.56 bits per heavy atom. The van der Waals surface area contributed by atoms with Crippen LogP contribution < -0.4 is 0 Å². The normalized spacial score (nSPS) is 12.1. The first kappa shape index (κ1) is 9.01. The van der Waals surface area contributed by atoms with Gasteiger partial charge in [0, 0.05) is 6.16 Å². The van der Waals surface area contributed by atoms with E-state index in [2.05, 4.69) is 4.18 Å². The number of rotatable bonds is 4. The van der Waals surface area contributed by atoms with E-state index in [-0.39, 0.29) is 20.4 Å². The van der Waals surface area contributed by atoms with Gasteiger partial charge in [-0.2, -0.15) is 8.42 Å². The molecule has 0 aromatic heterocycles. The molecule has 0 aliphatic carbocycles. The van der Waals surface area contributed by atoms with Crippen LogP contribution in [0.1, 0.15) is 0 Å². The molecule has 0 aliphatic rings. The van der Waals surface area contributed by atoms with Crippen LogP contribution in [0.15, 0.2) is 0 Å². The lowest BCUT2D eigenvalue weighted by molar-refractivity contribution is 0.399. The second-order valence-corrected chi connectivity index (χ2v) is 3.84. The van der Waals surface area contributed by atoms with Crippen LogP contribution in [0.5, 0.6) is 0 Å². The molecule has 0 saturated heterocycles. The van der Waals surface area contributed by atoms with Crippen molar-refractivity contribution in [3.63, 3.8) is 0 Å². The molecule has 0 aromatic rings. The van der Waals surface area contributed by atoms with Gasteiger partial charge in [-0.3, -0.25) is 8.75 Å². The van der Waals surface area contributed by atoms with Gasteiger partial charge < -0.3 is 0 Å². The summed E-state index contributed by atoms with van der Waals surface area (Å²) < 4.78 is 34.6. The van der Waals surface area contributed by atoms with Crippen molar-refractivity contribution in [1.29, 1.82) is 0 Å². The molecule has 0 amide bonds.